The van der Waals surface area contributed by atoms with Crippen LogP contribution >= 0.6 is 11.3 Å². The molecule has 0 radical (unpaired) electrons. The number of aliphatic imine (C=N–C) groups is 1. The first-order valence-electron chi connectivity index (χ1n) is 9.54. The Hall–Kier alpha value is -1.35. The van der Waals surface area contributed by atoms with E-state index in [1.54, 1.807) is 0 Å². The molecule has 1 fully saturated rings. The Morgan fingerprint density at radius 1 is 1.41 bits per heavy atom. The molecule has 1 aliphatic heterocycles. The zero-order valence-corrected chi connectivity index (χ0v) is 17.1. The van der Waals surface area contributed by atoms with Gasteiger partial charge in [0.05, 0.1) is 6.54 Å². The Kier molecular flexibility index (Phi) is 8.34. The van der Waals surface area contributed by atoms with Crippen molar-refractivity contribution in [3.05, 3.63) is 16.1 Å². The molecule has 0 spiro atoms. The number of hydrogen-bond acceptors (Lipinski definition) is 4. The van der Waals surface area contributed by atoms with E-state index in [-0.39, 0.29) is 6.54 Å². The van der Waals surface area contributed by atoms with Gasteiger partial charge in [0.25, 0.3) is 0 Å². The molecule has 1 unspecified atom stereocenters. The lowest BCUT2D eigenvalue weighted by Crippen LogP contribution is -2.45. The van der Waals surface area contributed by atoms with Crippen molar-refractivity contribution in [2.45, 2.75) is 46.3 Å². The summed E-state index contributed by atoms with van der Waals surface area (Å²) in [5.41, 5.74) is -0.844. The van der Waals surface area contributed by atoms with Gasteiger partial charge in [-0.25, -0.2) is 9.98 Å². The van der Waals surface area contributed by atoms with Crippen molar-refractivity contribution in [2.75, 3.05) is 32.7 Å². The number of hydrogen-bond donors (Lipinski definition) is 2. The maximum absolute atomic E-state index is 12.6. The largest absolute Gasteiger partial charge is 0.434 e. The summed E-state index contributed by atoms with van der Waals surface area (Å²) in [6, 6.07) is 0. The average Bonchev–Trinajstić information content (AvgIpc) is 3.06. The fourth-order valence-corrected chi connectivity index (χ4v) is 3.97. The molecular weight excluding hydrogens is 375 g/mol. The predicted molar refractivity (Wildman–Crippen MR) is 104 cm³/mol. The van der Waals surface area contributed by atoms with Gasteiger partial charge in [0.15, 0.2) is 11.7 Å². The van der Waals surface area contributed by atoms with Crippen LogP contribution in [-0.2, 0) is 12.7 Å². The standard InChI is InChI=1S/C18H30F3N5S/c1-4-22-17(24-9-16-25-15(12-27-16)18(19,20)21)23-8-14-6-5-7-26(11-14)10-13(2)3/h12-14H,4-11H2,1-3H3,(H2,22,23,24). The van der Waals surface area contributed by atoms with Crippen molar-refractivity contribution >= 4 is 17.3 Å². The van der Waals surface area contributed by atoms with Gasteiger partial charge in [-0.2, -0.15) is 13.2 Å². The van der Waals surface area contributed by atoms with Crippen LogP contribution in [0.3, 0.4) is 0 Å². The monoisotopic (exact) mass is 405 g/mol. The highest BCUT2D eigenvalue weighted by Gasteiger charge is 2.33. The van der Waals surface area contributed by atoms with E-state index in [0.717, 1.165) is 42.9 Å². The fourth-order valence-electron chi connectivity index (χ4n) is 3.24. The van der Waals surface area contributed by atoms with Crippen LogP contribution in [0.5, 0.6) is 0 Å². The van der Waals surface area contributed by atoms with Gasteiger partial charge in [-0.05, 0) is 38.1 Å². The van der Waals surface area contributed by atoms with Crippen LogP contribution in [-0.4, -0.2) is 48.6 Å². The first-order chi connectivity index (χ1) is 12.8. The molecule has 0 saturated carbocycles. The minimum absolute atomic E-state index is 0.139. The zero-order valence-electron chi connectivity index (χ0n) is 16.3. The second kappa shape index (κ2) is 10.3. The molecule has 1 atom stereocenters. The quantitative estimate of drug-likeness (QED) is 0.538. The normalized spacial score (nSPS) is 19.5. The van der Waals surface area contributed by atoms with Crippen molar-refractivity contribution in [1.82, 2.24) is 20.5 Å². The highest BCUT2D eigenvalue weighted by molar-refractivity contribution is 7.09. The molecule has 9 heteroatoms. The zero-order chi connectivity index (χ0) is 19.9. The van der Waals surface area contributed by atoms with Crippen LogP contribution < -0.4 is 10.6 Å². The topological polar surface area (TPSA) is 52.6 Å². The molecule has 1 aromatic heterocycles. The van der Waals surface area contributed by atoms with E-state index in [4.69, 9.17) is 0 Å². The number of halogens is 3. The van der Waals surface area contributed by atoms with E-state index in [1.807, 2.05) is 6.92 Å². The molecule has 2 N–H and O–H groups in total. The molecule has 5 nitrogen and oxygen atoms in total. The number of piperidine rings is 1. The number of alkyl halides is 3. The van der Waals surface area contributed by atoms with Gasteiger partial charge in [0, 0.05) is 31.6 Å². The third-order valence-corrected chi connectivity index (χ3v) is 5.18. The summed E-state index contributed by atoms with van der Waals surface area (Å²) in [6.45, 7) is 11.4. The molecule has 1 aliphatic rings. The summed E-state index contributed by atoms with van der Waals surface area (Å²) in [4.78, 5) is 10.5. The summed E-state index contributed by atoms with van der Waals surface area (Å²) in [5.74, 6) is 1.84. The van der Waals surface area contributed by atoms with Crippen LogP contribution in [0, 0.1) is 11.8 Å². The molecule has 0 bridgehead atoms. The second-order valence-corrected chi connectivity index (χ2v) is 8.30. The molecular formula is C18H30F3N5S. The smallest absolute Gasteiger partial charge is 0.357 e. The lowest BCUT2D eigenvalue weighted by atomic mass is 9.97. The summed E-state index contributed by atoms with van der Waals surface area (Å²) >= 11 is 0.988. The van der Waals surface area contributed by atoms with Gasteiger partial charge >= 0.3 is 6.18 Å². The van der Waals surface area contributed by atoms with Gasteiger partial charge in [-0.15, -0.1) is 11.3 Å². The van der Waals surface area contributed by atoms with Gasteiger partial charge in [0.1, 0.15) is 5.01 Å². The molecule has 2 rings (SSSR count). The number of nitrogens with zero attached hydrogens (tertiary/aromatic N) is 3. The molecule has 0 aliphatic carbocycles. The van der Waals surface area contributed by atoms with Gasteiger partial charge in [0.2, 0.25) is 0 Å². The van der Waals surface area contributed by atoms with Crippen molar-refractivity contribution in [1.29, 1.82) is 0 Å². The van der Waals surface area contributed by atoms with Crippen LogP contribution in [0.4, 0.5) is 13.2 Å². The summed E-state index contributed by atoms with van der Waals surface area (Å²) < 4.78 is 37.9. The highest BCUT2D eigenvalue weighted by atomic mass is 32.1. The average molecular weight is 406 g/mol. The Bertz CT molecular complexity index is 600. The van der Waals surface area contributed by atoms with E-state index in [1.165, 1.54) is 12.8 Å². The number of rotatable bonds is 7. The molecule has 1 saturated heterocycles. The number of nitrogens with one attached hydrogen (secondary N) is 2. The van der Waals surface area contributed by atoms with Gasteiger partial charge in [-0.3, -0.25) is 0 Å². The predicted octanol–water partition coefficient (Wildman–Crippen LogP) is 3.59. The SMILES string of the molecule is CCNC(=NCc1nc(C(F)(F)F)cs1)NCC1CCCN(CC(C)C)C1. The first-order valence-corrected chi connectivity index (χ1v) is 10.4. The Morgan fingerprint density at radius 3 is 2.81 bits per heavy atom. The molecule has 1 aromatic rings. The minimum Gasteiger partial charge on any atom is -0.357 e. The Morgan fingerprint density at radius 2 is 2.19 bits per heavy atom. The molecule has 0 aromatic carbocycles. The number of likely N-dealkylation sites (tertiary alicyclic amines) is 1. The first kappa shape index (κ1) is 21.9. The summed E-state index contributed by atoms with van der Waals surface area (Å²) in [6.07, 6.45) is -2.02. The van der Waals surface area contributed by atoms with Crippen LogP contribution in [0.25, 0.3) is 0 Å². The van der Waals surface area contributed by atoms with Crippen molar-refractivity contribution < 1.29 is 13.2 Å². The van der Waals surface area contributed by atoms with E-state index >= 15 is 0 Å². The molecule has 27 heavy (non-hydrogen) atoms. The lowest BCUT2D eigenvalue weighted by Gasteiger charge is -2.34. The van der Waals surface area contributed by atoms with E-state index in [9.17, 15) is 13.2 Å². The van der Waals surface area contributed by atoms with E-state index in [2.05, 4.69) is 39.4 Å². The van der Waals surface area contributed by atoms with Gasteiger partial charge < -0.3 is 15.5 Å². The Labute approximate surface area is 163 Å². The van der Waals surface area contributed by atoms with E-state index < -0.39 is 11.9 Å². The maximum Gasteiger partial charge on any atom is 0.434 e. The van der Waals surface area contributed by atoms with Crippen molar-refractivity contribution in [3.8, 4) is 0 Å². The molecule has 154 valence electrons. The molecule has 2 heterocycles. The Balaban J connectivity index is 1.87. The summed E-state index contributed by atoms with van der Waals surface area (Å²) in [7, 11) is 0. The van der Waals surface area contributed by atoms with Crippen LogP contribution in [0.2, 0.25) is 0 Å². The lowest BCUT2D eigenvalue weighted by molar-refractivity contribution is -0.140. The van der Waals surface area contributed by atoms with Crippen molar-refractivity contribution in [3.63, 3.8) is 0 Å². The number of guanidine groups is 1. The third kappa shape index (κ3) is 7.65. The maximum atomic E-state index is 12.6. The van der Waals surface area contributed by atoms with Crippen LogP contribution in [0.1, 0.15) is 44.3 Å². The summed E-state index contributed by atoms with van der Waals surface area (Å²) in [5, 5.41) is 7.89. The highest BCUT2D eigenvalue weighted by Crippen LogP contribution is 2.30. The number of thiazole rings is 1. The molecule has 0 amide bonds. The van der Waals surface area contributed by atoms with Gasteiger partial charge in [-0.1, -0.05) is 13.8 Å². The van der Waals surface area contributed by atoms with E-state index in [0.29, 0.717) is 29.3 Å². The fraction of sp³-hybridized carbons (Fsp3) is 0.778. The minimum atomic E-state index is -4.40. The number of aromatic nitrogens is 1. The second-order valence-electron chi connectivity index (χ2n) is 7.36. The third-order valence-electron chi connectivity index (χ3n) is 4.34. The van der Waals surface area contributed by atoms with Crippen LogP contribution in [0.15, 0.2) is 10.4 Å². The van der Waals surface area contributed by atoms with Crippen molar-refractivity contribution in [2.24, 2.45) is 16.8 Å².